The zero-order valence-corrected chi connectivity index (χ0v) is 13.9. The van der Waals surface area contributed by atoms with Crippen LogP contribution in [0.25, 0.3) is 0 Å². The van der Waals surface area contributed by atoms with Gasteiger partial charge in [-0.3, -0.25) is 5.43 Å². The van der Waals surface area contributed by atoms with Gasteiger partial charge in [0.25, 0.3) is 0 Å². The fourth-order valence-corrected chi connectivity index (χ4v) is 2.75. The van der Waals surface area contributed by atoms with Crippen molar-refractivity contribution >= 4 is 0 Å². The second kappa shape index (κ2) is 9.10. The van der Waals surface area contributed by atoms with E-state index in [4.69, 9.17) is 9.47 Å². The van der Waals surface area contributed by atoms with E-state index in [1.54, 1.807) is 0 Å². The van der Waals surface area contributed by atoms with Crippen molar-refractivity contribution in [2.75, 3.05) is 32.9 Å². The molecular weight excluding hydrogens is 278 g/mol. The fourth-order valence-electron chi connectivity index (χ4n) is 2.75. The molecule has 0 aromatic heterocycles. The van der Waals surface area contributed by atoms with Crippen LogP contribution in [0.5, 0.6) is 5.75 Å². The normalized spacial score (nSPS) is 24.6. The third-order valence-corrected chi connectivity index (χ3v) is 4.14. The lowest BCUT2D eigenvalue weighted by atomic mass is 9.91. The molecule has 2 rings (SSSR count). The minimum Gasteiger partial charge on any atom is -0.491 e. The molecule has 3 atom stereocenters. The van der Waals surface area contributed by atoms with Crippen LogP contribution in [0.3, 0.4) is 0 Å². The molecule has 1 aliphatic rings. The van der Waals surface area contributed by atoms with Gasteiger partial charge in [0.15, 0.2) is 0 Å². The highest BCUT2D eigenvalue weighted by Crippen LogP contribution is 2.29. The van der Waals surface area contributed by atoms with E-state index >= 15 is 0 Å². The van der Waals surface area contributed by atoms with Crippen LogP contribution < -0.4 is 20.9 Å². The van der Waals surface area contributed by atoms with E-state index in [2.05, 4.69) is 42.1 Å². The van der Waals surface area contributed by atoms with Gasteiger partial charge in [0.05, 0.1) is 12.6 Å². The molecule has 0 saturated carbocycles. The number of benzene rings is 1. The van der Waals surface area contributed by atoms with Crippen molar-refractivity contribution in [3.8, 4) is 5.75 Å². The molecule has 5 heteroatoms. The molecule has 1 heterocycles. The lowest BCUT2D eigenvalue weighted by molar-refractivity contribution is 0.110. The number of likely N-dealkylation sites (N-methyl/N-ethyl adjacent to an activating group) is 1. The predicted molar refractivity (Wildman–Crippen MR) is 88.9 cm³/mol. The van der Waals surface area contributed by atoms with Crippen molar-refractivity contribution in [3.63, 3.8) is 0 Å². The molecule has 0 spiro atoms. The van der Waals surface area contributed by atoms with Crippen molar-refractivity contribution < 1.29 is 9.47 Å². The molecule has 0 aliphatic carbocycles. The highest BCUT2D eigenvalue weighted by atomic mass is 16.5. The average molecular weight is 307 g/mol. The molecule has 3 N–H and O–H groups in total. The minimum absolute atomic E-state index is 0.334. The van der Waals surface area contributed by atoms with Crippen LogP contribution in [0.1, 0.15) is 32.4 Å². The quantitative estimate of drug-likeness (QED) is 0.608. The van der Waals surface area contributed by atoms with Crippen LogP contribution in [0.4, 0.5) is 0 Å². The monoisotopic (exact) mass is 307 g/mol. The van der Waals surface area contributed by atoms with E-state index in [0.29, 0.717) is 31.2 Å². The molecule has 1 aliphatic heterocycles. The summed E-state index contributed by atoms with van der Waals surface area (Å²) in [7, 11) is 0. The first-order valence-electron chi connectivity index (χ1n) is 8.28. The van der Waals surface area contributed by atoms with Crippen LogP contribution in [0.2, 0.25) is 0 Å². The van der Waals surface area contributed by atoms with Crippen molar-refractivity contribution in [1.29, 1.82) is 0 Å². The Morgan fingerprint density at radius 1 is 1.09 bits per heavy atom. The number of hydrazine groups is 1. The Morgan fingerprint density at radius 3 is 2.55 bits per heavy atom. The zero-order valence-electron chi connectivity index (χ0n) is 13.9. The van der Waals surface area contributed by atoms with Crippen LogP contribution >= 0.6 is 0 Å². The number of nitrogens with one attached hydrogen (secondary N) is 3. The third kappa shape index (κ3) is 4.68. The van der Waals surface area contributed by atoms with Gasteiger partial charge < -0.3 is 14.8 Å². The van der Waals surface area contributed by atoms with Crippen LogP contribution in [-0.2, 0) is 4.74 Å². The summed E-state index contributed by atoms with van der Waals surface area (Å²) in [5, 5.41) is 3.40. The zero-order chi connectivity index (χ0) is 15.8. The molecule has 1 aromatic rings. The topological polar surface area (TPSA) is 54.5 Å². The molecular formula is C17H29N3O2. The molecule has 1 fully saturated rings. The Balaban J connectivity index is 1.85. The first-order chi connectivity index (χ1) is 10.8. The Bertz CT molecular complexity index is 424. The summed E-state index contributed by atoms with van der Waals surface area (Å²) >= 11 is 0. The molecule has 22 heavy (non-hydrogen) atoms. The van der Waals surface area contributed by atoms with Gasteiger partial charge in [0, 0.05) is 19.2 Å². The van der Waals surface area contributed by atoms with Gasteiger partial charge >= 0.3 is 0 Å². The number of ether oxygens (including phenoxy) is 2. The maximum Gasteiger partial charge on any atom is 0.119 e. The van der Waals surface area contributed by atoms with E-state index in [0.717, 1.165) is 25.4 Å². The molecule has 1 saturated heterocycles. The van der Waals surface area contributed by atoms with Gasteiger partial charge in [0.2, 0.25) is 0 Å². The Morgan fingerprint density at radius 2 is 1.86 bits per heavy atom. The molecule has 3 unspecified atom stereocenters. The molecule has 0 bridgehead atoms. The Hall–Kier alpha value is -1.14. The van der Waals surface area contributed by atoms with Gasteiger partial charge in [-0.25, -0.2) is 5.43 Å². The highest BCUT2D eigenvalue weighted by molar-refractivity contribution is 5.30. The van der Waals surface area contributed by atoms with E-state index in [1.165, 1.54) is 5.56 Å². The Kier molecular flexibility index (Phi) is 7.12. The lowest BCUT2D eigenvalue weighted by Gasteiger charge is -2.19. The van der Waals surface area contributed by atoms with Crippen LogP contribution in [0.15, 0.2) is 24.3 Å². The van der Waals surface area contributed by atoms with Gasteiger partial charge in [-0.2, -0.15) is 0 Å². The van der Waals surface area contributed by atoms with Gasteiger partial charge in [-0.05, 0) is 37.1 Å². The second-order valence-corrected chi connectivity index (χ2v) is 5.65. The third-order valence-electron chi connectivity index (χ3n) is 4.14. The maximum atomic E-state index is 5.66. The number of rotatable bonds is 9. The SMILES string of the molecule is CCNCC1NNC(c2ccc(OCCOCC)cc2)C1C. The number of hydrogen-bond acceptors (Lipinski definition) is 5. The van der Waals surface area contributed by atoms with Crippen molar-refractivity contribution in [1.82, 2.24) is 16.2 Å². The maximum absolute atomic E-state index is 5.66. The summed E-state index contributed by atoms with van der Waals surface area (Å²) < 4.78 is 10.9. The lowest BCUT2D eigenvalue weighted by Crippen LogP contribution is -2.39. The Labute approximate surface area is 133 Å². The van der Waals surface area contributed by atoms with Gasteiger partial charge in [0.1, 0.15) is 12.4 Å². The molecule has 124 valence electrons. The van der Waals surface area contributed by atoms with Crippen LogP contribution in [0, 0.1) is 5.92 Å². The van der Waals surface area contributed by atoms with Crippen molar-refractivity contribution in [3.05, 3.63) is 29.8 Å². The summed E-state index contributed by atoms with van der Waals surface area (Å²) in [6, 6.07) is 9.14. The predicted octanol–water partition coefficient (Wildman–Crippen LogP) is 1.87. The van der Waals surface area contributed by atoms with Crippen LogP contribution in [-0.4, -0.2) is 39.0 Å². The molecule has 1 aromatic carbocycles. The van der Waals surface area contributed by atoms with Gasteiger partial charge in [-0.15, -0.1) is 0 Å². The van der Waals surface area contributed by atoms with E-state index < -0.39 is 0 Å². The summed E-state index contributed by atoms with van der Waals surface area (Å²) in [5.74, 6) is 1.43. The standard InChI is InChI=1S/C17H29N3O2/c1-4-18-12-16-13(3)17(20-19-16)14-6-8-15(9-7-14)22-11-10-21-5-2/h6-9,13,16-20H,4-5,10-12H2,1-3H3. The smallest absolute Gasteiger partial charge is 0.119 e. The summed E-state index contributed by atoms with van der Waals surface area (Å²) in [6.45, 7) is 10.4. The summed E-state index contributed by atoms with van der Waals surface area (Å²) in [6.07, 6.45) is 0. The van der Waals surface area contributed by atoms with E-state index in [9.17, 15) is 0 Å². The van der Waals surface area contributed by atoms with Crippen molar-refractivity contribution in [2.24, 2.45) is 5.92 Å². The first-order valence-corrected chi connectivity index (χ1v) is 8.28. The minimum atomic E-state index is 0.334. The second-order valence-electron chi connectivity index (χ2n) is 5.65. The summed E-state index contributed by atoms with van der Waals surface area (Å²) in [5.41, 5.74) is 8.09. The van der Waals surface area contributed by atoms with Gasteiger partial charge in [-0.1, -0.05) is 26.0 Å². The molecule has 5 nitrogen and oxygen atoms in total. The molecule has 0 radical (unpaired) electrons. The molecule has 0 amide bonds. The average Bonchev–Trinajstić information content (AvgIpc) is 2.91. The number of hydrogen-bond donors (Lipinski definition) is 3. The van der Waals surface area contributed by atoms with E-state index in [-0.39, 0.29) is 0 Å². The fraction of sp³-hybridized carbons (Fsp3) is 0.647. The largest absolute Gasteiger partial charge is 0.491 e. The highest BCUT2D eigenvalue weighted by Gasteiger charge is 2.32. The summed E-state index contributed by atoms with van der Waals surface area (Å²) in [4.78, 5) is 0. The van der Waals surface area contributed by atoms with E-state index in [1.807, 2.05) is 19.1 Å². The van der Waals surface area contributed by atoms with Crippen molar-refractivity contribution in [2.45, 2.75) is 32.9 Å². The first kappa shape index (κ1) is 17.2.